The lowest BCUT2D eigenvalue weighted by Crippen LogP contribution is -2.52. The van der Waals surface area contributed by atoms with Gasteiger partial charge in [0.05, 0.1) is 0 Å². The molecule has 0 spiro atoms. The molecule has 25 heavy (non-hydrogen) atoms. The minimum Gasteiger partial charge on any atom is -0.481 e. The summed E-state index contributed by atoms with van der Waals surface area (Å²) in [6, 6.07) is 14.2. The van der Waals surface area contributed by atoms with E-state index in [2.05, 4.69) is 4.90 Å². The number of ether oxygens (including phenoxy) is 1. The standard InChI is InChI=1S/C20H23FN2O2/c1-15-4-3-5-19(14-15)25-16(2)20(24)23-12-10-22(11-13-23)18-8-6-17(21)7-9-18/h3-9,14,16H,10-13H2,1-2H3/t16-/m1/s1. The van der Waals surface area contributed by atoms with Crippen LogP contribution in [0, 0.1) is 12.7 Å². The number of anilines is 1. The maximum atomic E-state index is 13.0. The normalized spacial score (nSPS) is 15.8. The van der Waals surface area contributed by atoms with Crippen LogP contribution >= 0.6 is 0 Å². The number of aryl methyl sites for hydroxylation is 1. The quantitative estimate of drug-likeness (QED) is 0.855. The highest BCUT2D eigenvalue weighted by atomic mass is 19.1. The van der Waals surface area contributed by atoms with Crippen molar-refractivity contribution >= 4 is 11.6 Å². The number of piperazine rings is 1. The van der Waals surface area contributed by atoms with Gasteiger partial charge in [-0.05, 0) is 55.8 Å². The number of halogens is 1. The maximum Gasteiger partial charge on any atom is 0.263 e. The molecule has 2 aromatic carbocycles. The molecule has 2 aromatic rings. The molecule has 0 bridgehead atoms. The SMILES string of the molecule is Cc1cccc(O[C@H](C)C(=O)N2CCN(c3ccc(F)cc3)CC2)c1. The van der Waals surface area contributed by atoms with Gasteiger partial charge in [0.2, 0.25) is 0 Å². The van der Waals surface area contributed by atoms with Gasteiger partial charge in [0.1, 0.15) is 11.6 Å². The van der Waals surface area contributed by atoms with Gasteiger partial charge in [-0.15, -0.1) is 0 Å². The van der Waals surface area contributed by atoms with Crippen LogP contribution in [0.3, 0.4) is 0 Å². The molecule has 0 aliphatic carbocycles. The Kier molecular flexibility index (Phi) is 5.22. The topological polar surface area (TPSA) is 32.8 Å². The zero-order valence-corrected chi connectivity index (χ0v) is 14.6. The Morgan fingerprint density at radius 1 is 1.08 bits per heavy atom. The number of amides is 1. The van der Waals surface area contributed by atoms with E-state index in [0.717, 1.165) is 24.3 Å². The summed E-state index contributed by atoms with van der Waals surface area (Å²) in [5.74, 6) is 0.478. The fraction of sp³-hybridized carbons (Fsp3) is 0.350. The van der Waals surface area contributed by atoms with Crippen molar-refractivity contribution in [3.05, 3.63) is 59.9 Å². The van der Waals surface area contributed by atoms with Crippen molar-refractivity contribution in [3.63, 3.8) is 0 Å². The average Bonchev–Trinajstić information content (AvgIpc) is 2.62. The van der Waals surface area contributed by atoms with Crippen LogP contribution in [-0.2, 0) is 4.79 Å². The summed E-state index contributed by atoms with van der Waals surface area (Å²) in [4.78, 5) is 16.6. The summed E-state index contributed by atoms with van der Waals surface area (Å²) in [6.45, 7) is 6.52. The Hall–Kier alpha value is -2.56. The molecule has 1 fully saturated rings. The second-order valence-electron chi connectivity index (χ2n) is 6.37. The molecule has 1 atom stereocenters. The second kappa shape index (κ2) is 7.55. The van der Waals surface area contributed by atoms with E-state index in [1.165, 1.54) is 12.1 Å². The molecule has 0 N–H and O–H groups in total. The molecule has 132 valence electrons. The third-order valence-electron chi connectivity index (χ3n) is 4.43. The zero-order valence-electron chi connectivity index (χ0n) is 14.6. The lowest BCUT2D eigenvalue weighted by molar-refractivity contribution is -0.138. The summed E-state index contributed by atoms with van der Waals surface area (Å²) in [5, 5.41) is 0. The van der Waals surface area contributed by atoms with Crippen LogP contribution in [0.2, 0.25) is 0 Å². The molecule has 1 aliphatic rings. The molecule has 1 heterocycles. The molecule has 3 rings (SSSR count). The van der Waals surface area contributed by atoms with E-state index < -0.39 is 6.10 Å². The van der Waals surface area contributed by atoms with E-state index in [-0.39, 0.29) is 11.7 Å². The number of rotatable bonds is 4. The van der Waals surface area contributed by atoms with Gasteiger partial charge >= 0.3 is 0 Å². The summed E-state index contributed by atoms with van der Waals surface area (Å²) in [7, 11) is 0. The van der Waals surface area contributed by atoms with Crippen LogP contribution in [0.25, 0.3) is 0 Å². The molecule has 0 unspecified atom stereocenters. The van der Waals surface area contributed by atoms with Crippen LogP contribution < -0.4 is 9.64 Å². The number of carbonyl (C=O) groups excluding carboxylic acids is 1. The predicted octanol–water partition coefficient (Wildman–Crippen LogP) is 3.25. The number of hydrogen-bond acceptors (Lipinski definition) is 3. The lowest BCUT2D eigenvalue weighted by atomic mass is 10.2. The Morgan fingerprint density at radius 3 is 2.40 bits per heavy atom. The highest BCUT2D eigenvalue weighted by Gasteiger charge is 2.26. The van der Waals surface area contributed by atoms with Crippen molar-refractivity contribution in [2.45, 2.75) is 20.0 Å². The fourth-order valence-corrected chi connectivity index (χ4v) is 3.04. The molecular formula is C20H23FN2O2. The van der Waals surface area contributed by atoms with Crippen molar-refractivity contribution in [3.8, 4) is 5.75 Å². The summed E-state index contributed by atoms with van der Waals surface area (Å²) in [5.41, 5.74) is 2.09. The van der Waals surface area contributed by atoms with Crippen molar-refractivity contribution in [1.82, 2.24) is 4.90 Å². The Balaban J connectivity index is 1.54. The minimum absolute atomic E-state index is 0.000243. The van der Waals surface area contributed by atoms with Gasteiger partial charge in [-0.2, -0.15) is 0 Å². The minimum atomic E-state index is -0.515. The smallest absolute Gasteiger partial charge is 0.263 e. The van der Waals surface area contributed by atoms with Gasteiger partial charge in [0.25, 0.3) is 5.91 Å². The largest absolute Gasteiger partial charge is 0.481 e. The number of carbonyl (C=O) groups is 1. The first-order chi connectivity index (χ1) is 12.0. The first kappa shape index (κ1) is 17.3. The fourth-order valence-electron chi connectivity index (χ4n) is 3.04. The third kappa shape index (κ3) is 4.29. The Morgan fingerprint density at radius 2 is 1.76 bits per heavy atom. The highest BCUT2D eigenvalue weighted by Crippen LogP contribution is 2.19. The van der Waals surface area contributed by atoms with Crippen LogP contribution in [0.15, 0.2) is 48.5 Å². The van der Waals surface area contributed by atoms with E-state index in [0.29, 0.717) is 18.8 Å². The Labute approximate surface area is 147 Å². The molecular weight excluding hydrogens is 319 g/mol. The van der Waals surface area contributed by atoms with Crippen LogP contribution in [0.5, 0.6) is 5.75 Å². The molecule has 4 nitrogen and oxygen atoms in total. The average molecular weight is 342 g/mol. The first-order valence-corrected chi connectivity index (χ1v) is 8.55. The van der Waals surface area contributed by atoms with Crippen LogP contribution in [0.4, 0.5) is 10.1 Å². The third-order valence-corrected chi connectivity index (χ3v) is 4.43. The van der Waals surface area contributed by atoms with Gasteiger partial charge in [0.15, 0.2) is 6.10 Å². The van der Waals surface area contributed by atoms with Crippen molar-refractivity contribution in [2.75, 3.05) is 31.1 Å². The molecule has 0 radical (unpaired) electrons. The predicted molar refractivity (Wildman–Crippen MR) is 96.5 cm³/mol. The maximum absolute atomic E-state index is 13.0. The lowest BCUT2D eigenvalue weighted by Gasteiger charge is -2.37. The number of nitrogens with zero attached hydrogens (tertiary/aromatic N) is 2. The molecule has 1 amide bonds. The molecule has 1 saturated heterocycles. The second-order valence-corrected chi connectivity index (χ2v) is 6.37. The molecule has 0 aromatic heterocycles. The molecule has 5 heteroatoms. The van der Waals surface area contributed by atoms with Gasteiger partial charge in [-0.3, -0.25) is 4.79 Å². The van der Waals surface area contributed by atoms with E-state index in [1.807, 2.05) is 36.1 Å². The summed E-state index contributed by atoms with van der Waals surface area (Å²) in [6.07, 6.45) is -0.515. The first-order valence-electron chi connectivity index (χ1n) is 8.55. The number of hydrogen-bond donors (Lipinski definition) is 0. The van der Waals surface area contributed by atoms with Gasteiger partial charge in [-0.25, -0.2) is 4.39 Å². The van der Waals surface area contributed by atoms with E-state index in [4.69, 9.17) is 4.74 Å². The van der Waals surface area contributed by atoms with E-state index in [9.17, 15) is 9.18 Å². The number of benzene rings is 2. The van der Waals surface area contributed by atoms with E-state index >= 15 is 0 Å². The van der Waals surface area contributed by atoms with Gasteiger partial charge < -0.3 is 14.5 Å². The zero-order chi connectivity index (χ0) is 17.8. The van der Waals surface area contributed by atoms with Gasteiger partial charge in [-0.1, -0.05) is 12.1 Å². The van der Waals surface area contributed by atoms with Crippen molar-refractivity contribution in [2.24, 2.45) is 0 Å². The molecule has 0 saturated carbocycles. The highest BCUT2D eigenvalue weighted by molar-refractivity contribution is 5.81. The van der Waals surface area contributed by atoms with Gasteiger partial charge in [0, 0.05) is 31.9 Å². The molecule has 1 aliphatic heterocycles. The van der Waals surface area contributed by atoms with E-state index in [1.54, 1.807) is 19.1 Å². The van der Waals surface area contributed by atoms with Crippen LogP contribution in [-0.4, -0.2) is 43.1 Å². The monoisotopic (exact) mass is 342 g/mol. The van der Waals surface area contributed by atoms with Crippen LogP contribution in [0.1, 0.15) is 12.5 Å². The summed E-state index contributed by atoms with van der Waals surface area (Å²) < 4.78 is 18.8. The Bertz CT molecular complexity index is 725. The van der Waals surface area contributed by atoms with Crippen molar-refractivity contribution in [1.29, 1.82) is 0 Å². The van der Waals surface area contributed by atoms with Crippen molar-refractivity contribution < 1.29 is 13.9 Å². The summed E-state index contributed by atoms with van der Waals surface area (Å²) >= 11 is 0.